The Hall–Kier alpha value is -2.66. The topological polar surface area (TPSA) is 66.4 Å². The van der Waals surface area contributed by atoms with Crippen LogP contribution in [0.15, 0.2) is 53.9 Å². The summed E-state index contributed by atoms with van der Waals surface area (Å²) in [6.07, 6.45) is 0.919. The van der Waals surface area contributed by atoms with Gasteiger partial charge in [0.2, 0.25) is 5.91 Å². The van der Waals surface area contributed by atoms with Crippen LogP contribution < -0.4 is 5.32 Å². The first kappa shape index (κ1) is 15.2. The van der Waals surface area contributed by atoms with Gasteiger partial charge in [-0.25, -0.2) is 4.79 Å². The molecule has 0 aliphatic heterocycles. The van der Waals surface area contributed by atoms with E-state index in [1.54, 1.807) is 11.4 Å². The smallest absolute Gasteiger partial charge is 0.348 e. The fourth-order valence-electron chi connectivity index (χ4n) is 2.54. The normalized spacial score (nSPS) is 10.6. The molecule has 116 valence electrons. The van der Waals surface area contributed by atoms with Crippen LogP contribution in [-0.2, 0) is 11.2 Å². The van der Waals surface area contributed by atoms with Crippen molar-refractivity contribution in [3.8, 4) is 0 Å². The van der Waals surface area contributed by atoms with Crippen LogP contribution in [0, 0.1) is 0 Å². The average Bonchev–Trinajstić information content (AvgIpc) is 3.01. The Balaban J connectivity index is 1.69. The van der Waals surface area contributed by atoms with Gasteiger partial charge in [-0.1, -0.05) is 42.5 Å². The minimum atomic E-state index is -1.02. The second-order valence-corrected chi connectivity index (χ2v) is 6.07. The third kappa shape index (κ3) is 3.40. The number of aryl methyl sites for hydroxylation is 1. The molecule has 0 saturated carbocycles. The molecule has 2 N–H and O–H groups in total. The SMILES string of the molecule is O=C(CCc1cccc2ccccc12)Nc1ccsc1C(=O)O. The summed E-state index contributed by atoms with van der Waals surface area (Å²) in [4.78, 5) is 23.3. The van der Waals surface area contributed by atoms with Crippen molar-refractivity contribution in [1.82, 2.24) is 0 Å². The summed E-state index contributed by atoms with van der Waals surface area (Å²) >= 11 is 1.10. The lowest BCUT2D eigenvalue weighted by atomic mass is 10.0. The van der Waals surface area contributed by atoms with Crippen molar-refractivity contribution in [1.29, 1.82) is 0 Å². The highest BCUT2D eigenvalue weighted by Gasteiger charge is 2.14. The van der Waals surface area contributed by atoms with E-state index < -0.39 is 5.97 Å². The van der Waals surface area contributed by atoms with Crippen LogP contribution in [-0.4, -0.2) is 17.0 Å². The minimum absolute atomic E-state index is 0.156. The van der Waals surface area contributed by atoms with Gasteiger partial charge < -0.3 is 10.4 Å². The molecule has 0 radical (unpaired) electrons. The van der Waals surface area contributed by atoms with Gasteiger partial charge in [0.15, 0.2) is 0 Å². The van der Waals surface area contributed by atoms with Gasteiger partial charge in [-0.05, 0) is 34.2 Å². The fraction of sp³-hybridized carbons (Fsp3) is 0.111. The first-order chi connectivity index (χ1) is 11.1. The van der Waals surface area contributed by atoms with Gasteiger partial charge in [-0.2, -0.15) is 0 Å². The Kier molecular flexibility index (Phi) is 4.39. The summed E-state index contributed by atoms with van der Waals surface area (Å²) in [5.74, 6) is -1.21. The van der Waals surface area contributed by atoms with E-state index in [4.69, 9.17) is 5.11 Å². The molecule has 3 aromatic rings. The number of anilines is 1. The molecule has 23 heavy (non-hydrogen) atoms. The number of hydrogen-bond donors (Lipinski definition) is 2. The lowest BCUT2D eigenvalue weighted by molar-refractivity contribution is -0.116. The highest BCUT2D eigenvalue weighted by molar-refractivity contribution is 7.12. The van der Waals surface area contributed by atoms with Crippen LogP contribution in [0.2, 0.25) is 0 Å². The van der Waals surface area contributed by atoms with E-state index in [1.807, 2.05) is 42.5 Å². The first-order valence-electron chi connectivity index (χ1n) is 7.22. The molecule has 0 unspecified atom stereocenters. The van der Waals surface area contributed by atoms with E-state index in [-0.39, 0.29) is 10.8 Å². The number of carboxylic acids is 1. The van der Waals surface area contributed by atoms with Gasteiger partial charge in [0, 0.05) is 6.42 Å². The summed E-state index contributed by atoms with van der Waals surface area (Å²) in [5, 5.41) is 15.7. The molecule has 0 fully saturated rings. The van der Waals surface area contributed by atoms with Crippen molar-refractivity contribution in [2.45, 2.75) is 12.8 Å². The third-order valence-electron chi connectivity index (χ3n) is 3.63. The zero-order valence-electron chi connectivity index (χ0n) is 12.3. The highest BCUT2D eigenvalue weighted by atomic mass is 32.1. The minimum Gasteiger partial charge on any atom is -0.477 e. The lowest BCUT2D eigenvalue weighted by Gasteiger charge is -2.07. The van der Waals surface area contributed by atoms with E-state index >= 15 is 0 Å². The van der Waals surface area contributed by atoms with E-state index in [1.165, 1.54) is 0 Å². The molecule has 1 aromatic heterocycles. The molecule has 5 heteroatoms. The number of nitrogens with one attached hydrogen (secondary N) is 1. The molecule has 0 bridgehead atoms. The molecule has 3 rings (SSSR count). The van der Waals surface area contributed by atoms with Crippen LogP contribution in [0.4, 0.5) is 5.69 Å². The van der Waals surface area contributed by atoms with Gasteiger partial charge in [-0.15, -0.1) is 11.3 Å². The van der Waals surface area contributed by atoms with Crippen LogP contribution in [0.5, 0.6) is 0 Å². The molecule has 0 spiro atoms. The quantitative estimate of drug-likeness (QED) is 0.740. The Labute approximate surface area is 137 Å². The third-order valence-corrected chi connectivity index (χ3v) is 4.54. The fourth-order valence-corrected chi connectivity index (χ4v) is 3.23. The molecule has 2 aromatic carbocycles. The zero-order chi connectivity index (χ0) is 16.2. The van der Waals surface area contributed by atoms with E-state index in [0.717, 1.165) is 27.7 Å². The van der Waals surface area contributed by atoms with Gasteiger partial charge in [-0.3, -0.25) is 4.79 Å². The molecular formula is C18H15NO3S. The maximum atomic E-state index is 12.1. The highest BCUT2D eigenvalue weighted by Crippen LogP contribution is 2.23. The van der Waals surface area contributed by atoms with Crippen molar-refractivity contribution in [3.63, 3.8) is 0 Å². The molecule has 0 atom stereocenters. The largest absolute Gasteiger partial charge is 0.477 e. The summed E-state index contributed by atoms with van der Waals surface area (Å²) in [6.45, 7) is 0. The number of aromatic carboxylic acids is 1. The predicted molar refractivity (Wildman–Crippen MR) is 92.2 cm³/mol. The predicted octanol–water partition coefficient (Wildman–Crippen LogP) is 4.17. The van der Waals surface area contributed by atoms with Gasteiger partial charge in [0.1, 0.15) is 4.88 Å². The van der Waals surface area contributed by atoms with Crippen LogP contribution >= 0.6 is 11.3 Å². The maximum absolute atomic E-state index is 12.1. The summed E-state index contributed by atoms with van der Waals surface area (Å²) < 4.78 is 0. The standard InChI is InChI=1S/C18H15NO3S/c20-16(19-15-10-11-23-17(15)18(21)22)9-8-13-6-3-5-12-4-1-2-7-14(12)13/h1-7,10-11H,8-9H2,(H,19,20)(H,21,22). The molecule has 1 heterocycles. The zero-order valence-corrected chi connectivity index (χ0v) is 13.1. The Bertz CT molecular complexity index is 864. The van der Waals surface area contributed by atoms with Crippen LogP contribution in [0.1, 0.15) is 21.7 Å². The van der Waals surface area contributed by atoms with Gasteiger partial charge in [0.05, 0.1) is 5.69 Å². The van der Waals surface area contributed by atoms with Gasteiger partial charge >= 0.3 is 5.97 Å². The number of thiophene rings is 1. The number of rotatable bonds is 5. The molecule has 0 aliphatic carbocycles. The maximum Gasteiger partial charge on any atom is 0.348 e. The number of fused-ring (bicyclic) bond motifs is 1. The van der Waals surface area contributed by atoms with E-state index in [2.05, 4.69) is 5.32 Å². The monoisotopic (exact) mass is 325 g/mol. The second-order valence-electron chi connectivity index (χ2n) is 5.16. The van der Waals surface area contributed by atoms with Crippen molar-refractivity contribution in [2.75, 3.05) is 5.32 Å². The number of carboxylic acid groups (broad SMARTS) is 1. The second kappa shape index (κ2) is 6.62. The van der Waals surface area contributed by atoms with E-state index in [0.29, 0.717) is 18.5 Å². The van der Waals surface area contributed by atoms with Crippen LogP contribution in [0.3, 0.4) is 0 Å². The molecule has 4 nitrogen and oxygen atoms in total. The first-order valence-corrected chi connectivity index (χ1v) is 8.10. The lowest BCUT2D eigenvalue weighted by Crippen LogP contribution is -2.13. The van der Waals surface area contributed by atoms with Crippen molar-refractivity contribution >= 4 is 39.7 Å². The summed E-state index contributed by atoms with van der Waals surface area (Å²) in [5.41, 5.74) is 1.48. The Morgan fingerprint density at radius 2 is 1.83 bits per heavy atom. The molecule has 1 amide bonds. The summed E-state index contributed by atoms with van der Waals surface area (Å²) in [6, 6.07) is 15.7. The number of carbonyl (C=O) groups is 2. The molecule has 0 saturated heterocycles. The van der Waals surface area contributed by atoms with Crippen molar-refractivity contribution in [2.24, 2.45) is 0 Å². The number of hydrogen-bond acceptors (Lipinski definition) is 3. The number of carbonyl (C=O) groups excluding carboxylic acids is 1. The molecular weight excluding hydrogens is 310 g/mol. The average molecular weight is 325 g/mol. The number of benzene rings is 2. The van der Waals surface area contributed by atoms with Gasteiger partial charge in [0.25, 0.3) is 0 Å². The van der Waals surface area contributed by atoms with Crippen LogP contribution in [0.25, 0.3) is 10.8 Å². The van der Waals surface area contributed by atoms with Crippen molar-refractivity contribution < 1.29 is 14.7 Å². The Morgan fingerprint density at radius 1 is 1.04 bits per heavy atom. The van der Waals surface area contributed by atoms with Crippen molar-refractivity contribution in [3.05, 3.63) is 64.4 Å². The van der Waals surface area contributed by atoms with E-state index in [9.17, 15) is 9.59 Å². The number of amides is 1. The Morgan fingerprint density at radius 3 is 2.65 bits per heavy atom. The molecule has 0 aliphatic rings. The summed E-state index contributed by atoms with van der Waals surface area (Å²) in [7, 11) is 0.